The number of carbonyl (C=O) groups excluding carboxylic acids is 1. The van der Waals surface area contributed by atoms with Crippen LogP contribution in [0.1, 0.15) is 28.4 Å². The summed E-state index contributed by atoms with van der Waals surface area (Å²) >= 11 is 2.16. The van der Waals surface area contributed by atoms with Gasteiger partial charge in [-0.05, 0) is 83.1 Å². The first-order chi connectivity index (χ1) is 16.4. The zero-order valence-electron chi connectivity index (χ0n) is 18.5. The highest BCUT2D eigenvalue weighted by molar-refractivity contribution is 14.1. The number of nitrogens with zero attached hydrogens (tertiary/aromatic N) is 2. The lowest BCUT2D eigenvalue weighted by Crippen LogP contribution is -2.21. The fraction of sp³-hybridized carbons (Fsp3) is 0.115. The Balaban J connectivity index is 1.56. The molecule has 7 nitrogen and oxygen atoms in total. The van der Waals surface area contributed by atoms with Crippen LogP contribution in [-0.4, -0.2) is 29.8 Å². The largest absolute Gasteiger partial charge is 0.493 e. The van der Waals surface area contributed by atoms with Gasteiger partial charge in [-0.15, -0.1) is 0 Å². The van der Waals surface area contributed by atoms with E-state index in [1.807, 2.05) is 49.4 Å². The SMILES string of the molecule is COc1cc(/C=C2/C(=O)N(c3ccccc3)N=C2C)cc(I)c1OCc1ccc(C(=O)O)cc1. The van der Waals surface area contributed by atoms with E-state index in [1.54, 1.807) is 37.5 Å². The summed E-state index contributed by atoms with van der Waals surface area (Å²) in [5.74, 6) is -0.0633. The molecule has 1 amide bonds. The molecular weight excluding hydrogens is 547 g/mol. The van der Waals surface area contributed by atoms with Crippen molar-refractivity contribution < 1.29 is 24.2 Å². The van der Waals surface area contributed by atoms with E-state index in [0.717, 1.165) is 14.7 Å². The molecule has 0 unspecified atom stereocenters. The van der Waals surface area contributed by atoms with Crippen molar-refractivity contribution in [2.75, 3.05) is 12.1 Å². The van der Waals surface area contributed by atoms with Gasteiger partial charge in [0.25, 0.3) is 5.91 Å². The number of amides is 1. The Bertz CT molecular complexity index is 1300. The molecule has 0 saturated carbocycles. The van der Waals surface area contributed by atoms with Gasteiger partial charge in [-0.3, -0.25) is 4.79 Å². The summed E-state index contributed by atoms with van der Waals surface area (Å²) in [6.07, 6.45) is 1.79. The van der Waals surface area contributed by atoms with Gasteiger partial charge in [0, 0.05) is 0 Å². The minimum absolute atomic E-state index is 0.192. The van der Waals surface area contributed by atoms with Gasteiger partial charge < -0.3 is 14.6 Å². The zero-order valence-corrected chi connectivity index (χ0v) is 20.6. The van der Waals surface area contributed by atoms with Gasteiger partial charge in [0.15, 0.2) is 11.5 Å². The topological polar surface area (TPSA) is 88.4 Å². The van der Waals surface area contributed by atoms with Gasteiger partial charge in [0.2, 0.25) is 0 Å². The van der Waals surface area contributed by atoms with Crippen molar-refractivity contribution in [2.24, 2.45) is 5.10 Å². The number of hydrazone groups is 1. The highest BCUT2D eigenvalue weighted by Crippen LogP contribution is 2.36. The quantitative estimate of drug-likeness (QED) is 0.306. The first-order valence-corrected chi connectivity index (χ1v) is 11.4. The molecule has 0 aliphatic carbocycles. The minimum atomic E-state index is -0.971. The van der Waals surface area contributed by atoms with Gasteiger partial charge in [0.05, 0.1) is 33.2 Å². The molecule has 0 bridgehead atoms. The molecule has 0 fully saturated rings. The molecule has 8 heteroatoms. The molecule has 34 heavy (non-hydrogen) atoms. The molecule has 1 heterocycles. The molecule has 0 spiro atoms. The van der Waals surface area contributed by atoms with E-state index in [1.165, 1.54) is 5.01 Å². The van der Waals surface area contributed by atoms with Gasteiger partial charge >= 0.3 is 5.97 Å². The number of para-hydroxylation sites is 1. The van der Waals surface area contributed by atoms with Crippen LogP contribution >= 0.6 is 22.6 Å². The van der Waals surface area contributed by atoms with E-state index >= 15 is 0 Å². The monoisotopic (exact) mass is 568 g/mol. The van der Waals surface area contributed by atoms with Crippen molar-refractivity contribution in [3.05, 3.63) is 92.6 Å². The lowest BCUT2D eigenvalue weighted by atomic mass is 10.1. The predicted molar refractivity (Wildman–Crippen MR) is 138 cm³/mol. The van der Waals surface area contributed by atoms with Crippen LogP contribution in [0.5, 0.6) is 11.5 Å². The van der Waals surface area contributed by atoms with Crippen LogP contribution in [0.15, 0.2) is 77.4 Å². The predicted octanol–water partition coefficient (Wildman–Crippen LogP) is 5.38. The lowest BCUT2D eigenvalue weighted by molar-refractivity contribution is -0.114. The van der Waals surface area contributed by atoms with Crippen molar-refractivity contribution in [1.29, 1.82) is 0 Å². The summed E-state index contributed by atoms with van der Waals surface area (Å²) in [5.41, 5.74) is 3.69. The van der Waals surface area contributed by atoms with E-state index in [9.17, 15) is 9.59 Å². The molecule has 0 atom stereocenters. The Morgan fingerprint density at radius 2 is 1.82 bits per heavy atom. The van der Waals surface area contributed by atoms with Crippen molar-refractivity contribution >= 4 is 51.9 Å². The third kappa shape index (κ3) is 4.96. The van der Waals surface area contributed by atoms with E-state index < -0.39 is 5.97 Å². The first kappa shape index (κ1) is 23.5. The standard InChI is InChI=1S/C26H21IN2O5/c1-16-21(25(30)29(28-16)20-6-4-3-5-7-20)12-18-13-22(27)24(23(14-18)33-2)34-15-17-8-10-19(11-9-17)26(31)32/h3-14H,15H2,1-2H3,(H,31,32)/b21-12+. The Labute approximate surface area is 210 Å². The summed E-state index contributed by atoms with van der Waals surface area (Å²) in [4.78, 5) is 24.0. The Kier molecular flexibility index (Phi) is 6.97. The highest BCUT2D eigenvalue weighted by atomic mass is 127. The van der Waals surface area contributed by atoms with Crippen LogP contribution in [-0.2, 0) is 11.4 Å². The van der Waals surface area contributed by atoms with Gasteiger partial charge in [-0.2, -0.15) is 10.1 Å². The van der Waals surface area contributed by atoms with Crippen LogP contribution in [0.3, 0.4) is 0 Å². The number of ether oxygens (including phenoxy) is 2. The number of methoxy groups -OCH3 is 1. The summed E-state index contributed by atoms with van der Waals surface area (Å²) in [7, 11) is 1.56. The molecule has 3 aromatic rings. The zero-order chi connectivity index (χ0) is 24.2. The Hall–Kier alpha value is -3.66. The van der Waals surface area contributed by atoms with E-state index in [2.05, 4.69) is 27.7 Å². The average Bonchev–Trinajstić information content (AvgIpc) is 3.12. The second-order valence-electron chi connectivity index (χ2n) is 7.52. The number of hydrogen-bond donors (Lipinski definition) is 1. The Morgan fingerprint density at radius 3 is 2.47 bits per heavy atom. The smallest absolute Gasteiger partial charge is 0.335 e. The van der Waals surface area contributed by atoms with Crippen molar-refractivity contribution in [3.8, 4) is 11.5 Å². The number of carboxylic acids is 1. The number of hydrogen-bond acceptors (Lipinski definition) is 5. The van der Waals surface area contributed by atoms with Crippen LogP contribution in [0, 0.1) is 3.57 Å². The van der Waals surface area contributed by atoms with Gasteiger partial charge in [0.1, 0.15) is 6.61 Å². The second-order valence-corrected chi connectivity index (χ2v) is 8.68. The summed E-state index contributed by atoms with van der Waals surface area (Å²) in [6.45, 7) is 2.06. The summed E-state index contributed by atoms with van der Waals surface area (Å²) in [6, 6.07) is 19.5. The second kappa shape index (κ2) is 10.1. The number of halogens is 1. The third-order valence-corrected chi connectivity index (χ3v) is 6.01. The summed E-state index contributed by atoms with van der Waals surface area (Å²) in [5, 5.41) is 14.9. The molecule has 172 valence electrons. The number of carbonyl (C=O) groups is 2. The lowest BCUT2D eigenvalue weighted by Gasteiger charge is -2.14. The van der Waals surface area contributed by atoms with Crippen molar-refractivity contribution in [1.82, 2.24) is 0 Å². The molecule has 3 aromatic carbocycles. The van der Waals surface area contributed by atoms with Crippen molar-refractivity contribution in [3.63, 3.8) is 0 Å². The number of benzene rings is 3. The number of carboxylic acid groups (broad SMARTS) is 1. The van der Waals surface area contributed by atoms with Crippen LogP contribution in [0.4, 0.5) is 5.69 Å². The van der Waals surface area contributed by atoms with Crippen molar-refractivity contribution in [2.45, 2.75) is 13.5 Å². The Morgan fingerprint density at radius 1 is 1.12 bits per heavy atom. The minimum Gasteiger partial charge on any atom is -0.493 e. The third-order valence-electron chi connectivity index (χ3n) is 5.21. The molecule has 0 saturated heterocycles. The fourth-order valence-corrected chi connectivity index (χ4v) is 4.24. The molecular formula is C26H21IN2O5. The summed E-state index contributed by atoms with van der Waals surface area (Å²) < 4.78 is 12.4. The fourth-order valence-electron chi connectivity index (χ4n) is 3.46. The van der Waals surface area contributed by atoms with Crippen LogP contribution in [0.25, 0.3) is 6.08 Å². The van der Waals surface area contributed by atoms with Crippen LogP contribution < -0.4 is 14.5 Å². The maximum Gasteiger partial charge on any atom is 0.335 e. The van der Waals surface area contributed by atoms with Gasteiger partial charge in [-0.1, -0.05) is 30.3 Å². The maximum absolute atomic E-state index is 13.0. The molecule has 4 rings (SSSR count). The van der Waals surface area contributed by atoms with E-state index in [4.69, 9.17) is 14.6 Å². The molecule has 1 aliphatic rings. The van der Waals surface area contributed by atoms with E-state index in [-0.39, 0.29) is 18.1 Å². The number of anilines is 1. The molecule has 0 aromatic heterocycles. The van der Waals surface area contributed by atoms with Crippen LogP contribution in [0.2, 0.25) is 0 Å². The number of aromatic carboxylic acids is 1. The average molecular weight is 568 g/mol. The number of rotatable bonds is 7. The first-order valence-electron chi connectivity index (χ1n) is 10.4. The normalized spacial score (nSPS) is 14.3. The van der Waals surface area contributed by atoms with E-state index in [0.29, 0.717) is 28.5 Å². The highest BCUT2D eigenvalue weighted by Gasteiger charge is 2.28. The molecule has 1 N–H and O–H groups in total. The molecule has 1 aliphatic heterocycles. The molecule has 0 radical (unpaired) electrons. The maximum atomic E-state index is 13.0. The van der Waals surface area contributed by atoms with Gasteiger partial charge in [-0.25, -0.2) is 4.79 Å².